The molecule has 0 aromatic rings. The van der Waals surface area contributed by atoms with E-state index >= 15 is 0 Å². The molecular weight excluding hydrogens is 382 g/mol. The van der Waals surface area contributed by atoms with Crippen LogP contribution in [0.1, 0.15) is 0 Å². The van der Waals surface area contributed by atoms with Crippen LogP contribution in [-0.2, 0) is 24.0 Å². The van der Waals surface area contributed by atoms with Crippen LogP contribution in [0.4, 0.5) is 0 Å². The lowest BCUT2D eigenvalue weighted by Crippen LogP contribution is -2.45. The molecule has 0 saturated carbocycles. The summed E-state index contributed by atoms with van der Waals surface area (Å²) in [7, 11) is 1.00. The van der Waals surface area contributed by atoms with E-state index in [9.17, 15) is 24.0 Å². The van der Waals surface area contributed by atoms with Gasteiger partial charge in [-0.05, 0) is 0 Å². The van der Waals surface area contributed by atoms with E-state index in [1.807, 2.05) is 0 Å². The Morgan fingerprint density at radius 2 is 0.893 bits per heavy atom. The zero-order valence-electron chi connectivity index (χ0n) is 15.6. The van der Waals surface area contributed by atoms with Crippen LogP contribution in [0.2, 0.25) is 0 Å². The largest absolute Gasteiger partial charge is 0.480 e. The fourth-order valence-corrected chi connectivity index (χ4v) is 2.16. The molecule has 0 aliphatic heterocycles. The molecule has 0 aromatic carbocycles. The van der Waals surface area contributed by atoms with Crippen LogP contribution in [0.5, 0.6) is 0 Å². The minimum Gasteiger partial charge on any atom is -0.480 e. The summed E-state index contributed by atoms with van der Waals surface area (Å²) < 4.78 is 0. The molecule has 0 amide bonds. The topological polar surface area (TPSA) is 196 Å². The number of hydrogen-bond donors (Lipinski definition) is 5. The Balaban J connectivity index is 0. The van der Waals surface area contributed by atoms with Gasteiger partial charge in [0.25, 0.3) is 0 Å². The van der Waals surface area contributed by atoms with Gasteiger partial charge in [0, 0.05) is 33.3 Å². The van der Waals surface area contributed by atoms with Crippen molar-refractivity contribution in [2.24, 2.45) is 0 Å². The maximum atomic E-state index is 11.0. The summed E-state index contributed by atoms with van der Waals surface area (Å²) in [4.78, 5) is 57.7. The van der Waals surface area contributed by atoms with E-state index in [1.165, 1.54) is 9.80 Å². The Morgan fingerprint density at radius 1 is 0.607 bits per heavy atom. The van der Waals surface area contributed by atoms with Gasteiger partial charge in [-0.15, -0.1) is 0 Å². The molecule has 13 heteroatoms. The van der Waals surface area contributed by atoms with Crippen LogP contribution >= 0.6 is 0 Å². The summed E-state index contributed by atoms with van der Waals surface area (Å²) in [6, 6.07) is 0. The van der Waals surface area contributed by atoms with E-state index in [1.54, 1.807) is 0 Å². The number of carboxylic acids is 4. The van der Waals surface area contributed by atoms with Crippen LogP contribution in [0, 0.1) is 0 Å². The lowest BCUT2D eigenvalue weighted by molar-refractivity contribution is -0.143. The first kappa shape index (κ1) is 27.6. The van der Waals surface area contributed by atoms with Crippen LogP contribution in [0.25, 0.3) is 0 Å². The number of nitrogens with zero attached hydrogens (tertiary/aromatic N) is 3. The second-order valence-electron chi connectivity index (χ2n) is 5.46. The molecule has 0 aliphatic carbocycles. The van der Waals surface area contributed by atoms with Crippen molar-refractivity contribution >= 4 is 30.2 Å². The molecule has 0 fully saturated rings. The molecule has 13 nitrogen and oxygen atoms in total. The van der Waals surface area contributed by atoms with Gasteiger partial charge in [0.05, 0.1) is 32.7 Å². The number of carbonyl (C=O) groups is 5. The fraction of sp³-hybridized carbons (Fsp3) is 0.667. The Labute approximate surface area is 161 Å². The van der Waals surface area contributed by atoms with Gasteiger partial charge in [-0.25, -0.2) is 0 Å². The average Bonchev–Trinajstić information content (AvgIpc) is 2.57. The van der Waals surface area contributed by atoms with Gasteiger partial charge in [0.15, 0.2) is 0 Å². The molecule has 28 heavy (non-hydrogen) atoms. The molecule has 0 heterocycles. The van der Waals surface area contributed by atoms with Gasteiger partial charge in [-0.2, -0.15) is 0 Å². The monoisotopic (exact) mass is 409 g/mol. The summed E-state index contributed by atoms with van der Waals surface area (Å²) in [5, 5.41) is 42.3. The number of aliphatic hydroxyl groups excluding tert-OH is 1. The van der Waals surface area contributed by atoms with Crippen molar-refractivity contribution in [3.05, 3.63) is 0 Å². The van der Waals surface area contributed by atoms with E-state index in [-0.39, 0.29) is 39.3 Å². The second kappa shape index (κ2) is 16.6. The third-order valence-electron chi connectivity index (χ3n) is 3.23. The number of aliphatic carboxylic acids is 4. The highest BCUT2D eigenvalue weighted by Gasteiger charge is 2.18. The minimum absolute atomic E-state index is 0.00150. The van der Waals surface area contributed by atoms with Crippen molar-refractivity contribution < 1.29 is 49.5 Å². The maximum absolute atomic E-state index is 11.0. The van der Waals surface area contributed by atoms with Gasteiger partial charge in [0.1, 0.15) is 6.29 Å². The van der Waals surface area contributed by atoms with E-state index in [0.717, 1.165) is 12.0 Å². The molecule has 0 bridgehead atoms. The molecule has 162 valence electrons. The number of aldehydes is 1. The van der Waals surface area contributed by atoms with E-state index in [4.69, 9.17) is 25.5 Å². The fourth-order valence-electron chi connectivity index (χ4n) is 2.16. The zero-order chi connectivity index (χ0) is 22.1. The van der Waals surface area contributed by atoms with Gasteiger partial charge in [-0.3, -0.25) is 33.9 Å². The van der Waals surface area contributed by atoms with Crippen molar-refractivity contribution in [3.63, 3.8) is 0 Å². The van der Waals surface area contributed by atoms with Gasteiger partial charge in [0.2, 0.25) is 0 Å². The highest BCUT2D eigenvalue weighted by atomic mass is 16.4. The van der Waals surface area contributed by atoms with Gasteiger partial charge < -0.3 is 30.3 Å². The first-order valence-electron chi connectivity index (χ1n) is 8.06. The van der Waals surface area contributed by atoms with E-state index in [2.05, 4.69) is 0 Å². The highest BCUT2D eigenvalue weighted by Crippen LogP contribution is 1.96. The quantitative estimate of drug-likeness (QED) is 0.162. The lowest BCUT2D eigenvalue weighted by atomic mass is 10.3. The van der Waals surface area contributed by atoms with Crippen LogP contribution < -0.4 is 0 Å². The first-order valence-corrected chi connectivity index (χ1v) is 8.06. The Hall–Kier alpha value is -2.61. The summed E-state index contributed by atoms with van der Waals surface area (Å²) in [5.74, 6) is -4.71. The first-order chi connectivity index (χ1) is 13.1. The van der Waals surface area contributed by atoms with Crippen molar-refractivity contribution in [2.75, 3.05) is 66.0 Å². The predicted octanol–water partition coefficient (Wildman–Crippen LogP) is -2.96. The third-order valence-corrected chi connectivity index (χ3v) is 3.23. The summed E-state index contributed by atoms with van der Waals surface area (Å²) in [6.45, 7) is -1.64. The Morgan fingerprint density at radius 3 is 1.25 bits per heavy atom. The molecule has 5 N–H and O–H groups in total. The predicted molar refractivity (Wildman–Crippen MR) is 94.1 cm³/mol. The van der Waals surface area contributed by atoms with E-state index < -0.39 is 43.5 Å². The van der Waals surface area contributed by atoms with Gasteiger partial charge >= 0.3 is 23.9 Å². The smallest absolute Gasteiger partial charge is 0.317 e. The molecule has 0 aliphatic rings. The van der Waals surface area contributed by atoms with Crippen LogP contribution in [0.3, 0.4) is 0 Å². The van der Waals surface area contributed by atoms with Crippen LogP contribution in [-0.4, -0.2) is 136 Å². The Bertz CT molecular complexity index is 498. The van der Waals surface area contributed by atoms with Crippen molar-refractivity contribution in [1.82, 2.24) is 14.7 Å². The zero-order valence-corrected chi connectivity index (χ0v) is 15.6. The molecule has 0 rings (SSSR count). The molecule has 0 aromatic heterocycles. The number of rotatable bonds is 16. The third kappa shape index (κ3) is 16.8. The lowest BCUT2D eigenvalue weighted by Gasteiger charge is -2.27. The van der Waals surface area contributed by atoms with Crippen molar-refractivity contribution in [1.29, 1.82) is 0 Å². The van der Waals surface area contributed by atoms with Crippen LogP contribution in [0.15, 0.2) is 0 Å². The summed E-state index contributed by atoms with van der Waals surface area (Å²) in [5.41, 5.74) is 0. The maximum Gasteiger partial charge on any atom is 0.317 e. The standard InChI is InChI=1S/C14H23N3O9.CH4O/c18-6-5-16(8-12(21)22)2-1-15(7-11(19)20)3-4-17(9-13(23)24)10-14(25)26;1-2/h6H,1-5,7-10H2,(H,19,20)(H,21,22)(H,23,24)(H,25,26);2H,1H3. The molecular formula is C15H27N3O10. The number of carboxylic acid groups (broad SMARTS) is 4. The minimum atomic E-state index is -1.21. The normalized spacial score (nSPS) is 10.5. The molecule has 0 saturated heterocycles. The van der Waals surface area contributed by atoms with E-state index in [0.29, 0.717) is 6.29 Å². The van der Waals surface area contributed by atoms with Crippen molar-refractivity contribution in [2.45, 2.75) is 0 Å². The molecule has 0 spiro atoms. The highest BCUT2D eigenvalue weighted by molar-refractivity contribution is 5.72. The number of carbonyl (C=O) groups excluding carboxylic acids is 1. The number of aliphatic hydroxyl groups is 1. The average molecular weight is 409 g/mol. The second-order valence-corrected chi connectivity index (χ2v) is 5.46. The summed E-state index contributed by atoms with van der Waals surface area (Å²) in [6.07, 6.45) is 0.534. The number of hydrogen-bond acceptors (Lipinski definition) is 9. The van der Waals surface area contributed by atoms with Gasteiger partial charge in [-0.1, -0.05) is 0 Å². The summed E-state index contributed by atoms with van der Waals surface area (Å²) >= 11 is 0. The molecule has 0 radical (unpaired) electrons. The molecule has 0 unspecified atom stereocenters. The molecule has 0 atom stereocenters. The SMILES string of the molecule is CO.O=CCN(CCN(CCN(CC(=O)O)CC(=O)O)CC(=O)O)CC(=O)O. The Kier molecular flexibility index (Phi) is 16.3. The van der Waals surface area contributed by atoms with Crippen molar-refractivity contribution in [3.8, 4) is 0 Å².